The van der Waals surface area contributed by atoms with Gasteiger partial charge in [-0.3, -0.25) is 0 Å². The number of ether oxygens (including phenoxy) is 1. The minimum Gasteiger partial charge on any atom is -0.378 e. The van der Waals surface area contributed by atoms with E-state index in [0.717, 1.165) is 26.3 Å². The van der Waals surface area contributed by atoms with E-state index in [1.54, 1.807) is 0 Å². The van der Waals surface area contributed by atoms with Crippen molar-refractivity contribution in [2.75, 3.05) is 33.4 Å². The predicted molar refractivity (Wildman–Crippen MR) is 86.6 cm³/mol. The Morgan fingerprint density at radius 1 is 1.14 bits per heavy atom. The summed E-state index contributed by atoms with van der Waals surface area (Å²) in [6, 6.07) is 10.9. The van der Waals surface area contributed by atoms with Gasteiger partial charge in [0.05, 0.1) is 19.3 Å². The lowest BCUT2D eigenvalue weighted by Crippen LogP contribution is -2.36. The molecule has 3 heteroatoms. The Bertz CT molecular complexity index is 542. The quantitative estimate of drug-likeness (QED) is 0.848. The van der Waals surface area contributed by atoms with Gasteiger partial charge in [0.25, 0.3) is 0 Å². The van der Waals surface area contributed by atoms with E-state index in [1.807, 2.05) is 0 Å². The van der Waals surface area contributed by atoms with Gasteiger partial charge in [-0.1, -0.05) is 42.5 Å². The molecule has 3 rings (SSSR count). The van der Waals surface area contributed by atoms with Crippen LogP contribution in [0.1, 0.15) is 5.56 Å². The number of benzene rings is 1. The lowest BCUT2D eigenvalue weighted by atomic mass is 10.1. The van der Waals surface area contributed by atoms with Crippen LogP contribution in [0.2, 0.25) is 0 Å². The molecule has 1 saturated heterocycles. The first-order chi connectivity index (χ1) is 10.3. The van der Waals surface area contributed by atoms with Crippen LogP contribution in [-0.4, -0.2) is 49.2 Å². The van der Waals surface area contributed by atoms with Crippen LogP contribution in [0.25, 0.3) is 5.70 Å². The van der Waals surface area contributed by atoms with Crippen LogP contribution in [0, 0.1) is 0 Å². The van der Waals surface area contributed by atoms with E-state index < -0.39 is 0 Å². The topological polar surface area (TPSA) is 15.7 Å². The number of nitrogens with zero attached hydrogens (tertiary/aromatic N) is 2. The van der Waals surface area contributed by atoms with Gasteiger partial charge in [0.2, 0.25) is 0 Å². The average molecular weight is 282 g/mol. The van der Waals surface area contributed by atoms with E-state index in [2.05, 4.69) is 77.7 Å². The summed E-state index contributed by atoms with van der Waals surface area (Å²) >= 11 is 0. The minimum atomic E-state index is 0.299. The summed E-state index contributed by atoms with van der Waals surface area (Å²) in [4.78, 5) is 4.65. The van der Waals surface area contributed by atoms with Crippen molar-refractivity contribution in [1.82, 2.24) is 9.80 Å². The van der Waals surface area contributed by atoms with Crippen LogP contribution in [0.15, 0.2) is 60.8 Å². The van der Waals surface area contributed by atoms with Gasteiger partial charge in [-0.25, -0.2) is 0 Å². The van der Waals surface area contributed by atoms with Gasteiger partial charge >= 0.3 is 0 Å². The van der Waals surface area contributed by atoms with Crippen LogP contribution >= 0.6 is 0 Å². The largest absolute Gasteiger partial charge is 0.378 e. The van der Waals surface area contributed by atoms with Gasteiger partial charge in [0.15, 0.2) is 0 Å². The maximum atomic E-state index is 5.49. The number of allylic oxidation sites excluding steroid dienone is 2. The highest BCUT2D eigenvalue weighted by Gasteiger charge is 2.18. The fourth-order valence-corrected chi connectivity index (χ4v) is 2.73. The lowest BCUT2D eigenvalue weighted by molar-refractivity contribution is 0.0638. The molecule has 1 aromatic carbocycles. The van der Waals surface area contributed by atoms with Crippen LogP contribution < -0.4 is 0 Å². The molecule has 1 aromatic rings. The molecular formula is C18H22N2O. The van der Waals surface area contributed by atoms with Crippen LogP contribution in [0.5, 0.6) is 0 Å². The second-order valence-electron chi connectivity index (χ2n) is 5.40. The van der Waals surface area contributed by atoms with Crippen LogP contribution in [0.3, 0.4) is 0 Å². The Labute approximate surface area is 126 Å². The SMILES string of the molecule is CN1C=CC=CC1C=C(c1ccccc1)N1CCOCC1. The molecule has 2 aliphatic rings. The predicted octanol–water partition coefficient (Wildman–Crippen LogP) is 2.74. The zero-order valence-electron chi connectivity index (χ0n) is 12.5. The van der Waals surface area contributed by atoms with Gasteiger partial charge in [-0.05, 0) is 23.9 Å². The Hall–Kier alpha value is -2.00. The summed E-state index contributed by atoms with van der Waals surface area (Å²) in [5, 5.41) is 0. The Morgan fingerprint density at radius 2 is 1.90 bits per heavy atom. The molecule has 110 valence electrons. The van der Waals surface area contributed by atoms with Crippen molar-refractivity contribution in [1.29, 1.82) is 0 Å². The molecule has 1 atom stereocenters. The summed E-state index contributed by atoms with van der Waals surface area (Å²) in [6.45, 7) is 3.52. The third-order valence-electron chi connectivity index (χ3n) is 3.96. The second kappa shape index (κ2) is 6.64. The van der Waals surface area contributed by atoms with Crippen molar-refractivity contribution in [2.45, 2.75) is 6.04 Å². The van der Waals surface area contributed by atoms with E-state index in [1.165, 1.54) is 11.3 Å². The van der Waals surface area contributed by atoms with E-state index in [-0.39, 0.29) is 0 Å². The van der Waals surface area contributed by atoms with Gasteiger partial charge in [-0.15, -0.1) is 0 Å². The number of hydrogen-bond acceptors (Lipinski definition) is 3. The first-order valence-corrected chi connectivity index (χ1v) is 7.51. The van der Waals surface area contributed by atoms with E-state index in [9.17, 15) is 0 Å². The first kappa shape index (κ1) is 14.0. The molecule has 0 bridgehead atoms. The number of rotatable bonds is 3. The summed E-state index contributed by atoms with van der Waals surface area (Å²) in [7, 11) is 2.11. The molecule has 1 unspecified atom stereocenters. The van der Waals surface area contributed by atoms with Crippen molar-refractivity contribution in [3.63, 3.8) is 0 Å². The molecule has 3 nitrogen and oxygen atoms in total. The summed E-state index contributed by atoms with van der Waals surface area (Å²) in [6.07, 6.45) is 10.9. The smallest absolute Gasteiger partial charge is 0.0674 e. The van der Waals surface area contributed by atoms with Gasteiger partial charge in [-0.2, -0.15) is 0 Å². The average Bonchev–Trinajstić information content (AvgIpc) is 2.56. The lowest BCUT2D eigenvalue weighted by Gasteiger charge is -2.33. The summed E-state index contributed by atoms with van der Waals surface area (Å²) < 4.78 is 5.49. The van der Waals surface area contributed by atoms with E-state index in [4.69, 9.17) is 4.74 Å². The fraction of sp³-hybridized carbons (Fsp3) is 0.333. The Kier molecular flexibility index (Phi) is 4.41. The van der Waals surface area contributed by atoms with Crippen molar-refractivity contribution >= 4 is 5.70 Å². The van der Waals surface area contributed by atoms with Gasteiger partial charge < -0.3 is 14.5 Å². The van der Waals surface area contributed by atoms with Gasteiger partial charge in [0, 0.05) is 25.8 Å². The number of hydrogen-bond donors (Lipinski definition) is 0. The Balaban J connectivity index is 1.91. The summed E-state index contributed by atoms with van der Waals surface area (Å²) in [5.41, 5.74) is 2.58. The molecule has 0 amide bonds. The van der Waals surface area contributed by atoms with Crippen molar-refractivity contribution in [3.05, 3.63) is 66.4 Å². The molecular weight excluding hydrogens is 260 g/mol. The highest BCUT2D eigenvalue weighted by Crippen LogP contribution is 2.23. The van der Waals surface area contributed by atoms with Crippen molar-refractivity contribution < 1.29 is 4.74 Å². The molecule has 21 heavy (non-hydrogen) atoms. The van der Waals surface area contributed by atoms with E-state index >= 15 is 0 Å². The molecule has 0 saturated carbocycles. The normalized spacial score (nSPS) is 22.7. The maximum absolute atomic E-state index is 5.49. The van der Waals surface area contributed by atoms with Gasteiger partial charge in [0.1, 0.15) is 0 Å². The molecule has 0 aromatic heterocycles. The monoisotopic (exact) mass is 282 g/mol. The third-order valence-corrected chi connectivity index (χ3v) is 3.96. The third kappa shape index (κ3) is 3.37. The molecule has 0 aliphatic carbocycles. The Morgan fingerprint density at radius 3 is 2.62 bits per heavy atom. The molecule has 0 spiro atoms. The molecule has 0 radical (unpaired) electrons. The molecule has 1 fully saturated rings. The van der Waals surface area contributed by atoms with E-state index in [0.29, 0.717) is 6.04 Å². The maximum Gasteiger partial charge on any atom is 0.0674 e. The van der Waals surface area contributed by atoms with Crippen LogP contribution in [-0.2, 0) is 4.74 Å². The molecule has 2 heterocycles. The van der Waals surface area contributed by atoms with Crippen molar-refractivity contribution in [3.8, 4) is 0 Å². The first-order valence-electron chi connectivity index (χ1n) is 7.51. The standard InChI is InChI=1S/C18H22N2O/c1-19-10-6-5-9-17(19)15-18(16-7-3-2-4-8-16)20-11-13-21-14-12-20/h2-10,15,17H,11-14H2,1H3. The number of likely N-dealkylation sites (N-methyl/N-ethyl adjacent to an activating group) is 1. The zero-order chi connectivity index (χ0) is 14.5. The summed E-state index contributed by atoms with van der Waals surface area (Å²) in [5.74, 6) is 0. The fourth-order valence-electron chi connectivity index (χ4n) is 2.73. The van der Waals surface area contributed by atoms with Crippen molar-refractivity contribution in [2.24, 2.45) is 0 Å². The molecule has 2 aliphatic heterocycles. The number of morpholine rings is 1. The minimum absolute atomic E-state index is 0.299. The second-order valence-corrected chi connectivity index (χ2v) is 5.40. The highest BCUT2D eigenvalue weighted by atomic mass is 16.5. The van der Waals surface area contributed by atoms with Crippen LogP contribution in [0.4, 0.5) is 0 Å². The zero-order valence-corrected chi connectivity index (χ0v) is 12.5. The molecule has 0 N–H and O–H groups in total. The highest BCUT2D eigenvalue weighted by molar-refractivity contribution is 5.65.